The Morgan fingerprint density at radius 3 is 2.62 bits per heavy atom. The van der Waals surface area contributed by atoms with Crippen molar-refractivity contribution in [2.75, 3.05) is 13.7 Å². The molecule has 2 N–H and O–H groups in total. The van der Waals surface area contributed by atoms with Crippen LogP contribution in [0.3, 0.4) is 0 Å². The molecule has 21 heavy (non-hydrogen) atoms. The van der Waals surface area contributed by atoms with Crippen molar-refractivity contribution >= 4 is 5.91 Å². The summed E-state index contributed by atoms with van der Waals surface area (Å²) in [6, 6.07) is 7.75. The molecular formula is C17H27NO3. The fourth-order valence-corrected chi connectivity index (χ4v) is 1.90. The maximum Gasteiger partial charge on any atom is 0.220 e. The summed E-state index contributed by atoms with van der Waals surface area (Å²) in [5.41, 5.74) is 0.189. The lowest BCUT2D eigenvalue weighted by molar-refractivity contribution is -0.123. The van der Waals surface area contributed by atoms with Crippen LogP contribution in [-0.4, -0.2) is 30.3 Å². The predicted molar refractivity (Wildman–Crippen MR) is 84.5 cm³/mol. The molecule has 118 valence electrons. The molecule has 0 aliphatic rings. The number of aliphatic hydroxyl groups is 1. The molecule has 2 atom stereocenters. The van der Waals surface area contributed by atoms with Gasteiger partial charge in [0.1, 0.15) is 5.75 Å². The summed E-state index contributed by atoms with van der Waals surface area (Å²) < 4.78 is 5.19. The highest BCUT2D eigenvalue weighted by Crippen LogP contribution is 2.23. The number of ether oxygens (including phenoxy) is 1. The van der Waals surface area contributed by atoms with Crippen molar-refractivity contribution in [3.8, 4) is 5.75 Å². The standard InChI is InChI=1S/C17H27NO3/c1-12(2)17(4,20)11-18-16(19)9-13(3)14-7-6-8-15(10-14)21-5/h6-8,10,12-13,20H,9,11H2,1-5H3,(H,18,19)/t13-,17+/m0/s1. The Hall–Kier alpha value is -1.55. The van der Waals surface area contributed by atoms with E-state index in [0.717, 1.165) is 11.3 Å². The molecule has 0 radical (unpaired) electrons. The first-order chi connectivity index (χ1) is 9.76. The van der Waals surface area contributed by atoms with Gasteiger partial charge in [0.05, 0.1) is 12.7 Å². The minimum Gasteiger partial charge on any atom is -0.497 e. The van der Waals surface area contributed by atoms with Crippen LogP contribution in [0.25, 0.3) is 0 Å². The van der Waals surface area contributed by atoms with Gasteiger partial charge in [0.25, 0.3) is 0 Å². The monoisotopic (exact) mass is 293 g/mol. The molecule has 1 aromatic rings. The molecule has 0 saturated heterocycles. The van der Waals surface area contributed by atoms with Crippen molar-refractivity contribution in [1.82, 2.24) is 5.32 Å². The second kappa shape index (κ2) is 7.46. The van der Waals surface area contributed by atoms with Crippen LogP contribution in [0, 0.1) is 5.92 Å². The van der Waals surface area contributed by atoms with Crippen LogP contribution >= 0.6 is 0 Å². The minimum absolute atomic E-state index is 0.0498. The Bertz CT molecular complexity index is 469. The van der Waals surface area contributed by atoms with Crippen LogP contribution in [0.2, 0.25) is 0 Å². The smallest absolute Gasteiger partial charge is 0.220 e. The molecule has 0 saturated carbocycles. The van der Waals surface area contributed by atoms with Gasteiger partial charge in [-0.3, -0.25) is 4.79 Å². The summed E-state index contributed by atoms with van der Waals surface area (Å²) in [4.78, 5) is 12.0. The number of carbonyl (C=O) groups excluding carboxylic acids is 1. The summed E-state index contributed by atoms with van der Waals surface area (Å²) >= 11 is 0. The normalized spacial score (nSPS) is 15.4. The number of rotatable bonds is 7. The number of amides is 1. The molecule has 1 rings (SSSR count). The lowest BCUT2D eigenvalue weighted by Gasteiger charge is -2.28. The highest BCUT2D eigenvalue weighted by molar-refractivity contribution is 5.76. The zero-order valence-electron chi connectivity index (χ0n) is 13.6. The number of methoxy groups -OCH3 is 1. The second-order valence-electron chi connectivity index (χ2n) is 6.17. The average Bonchev–Trinajstić information content (AvgIpc) is 2.45. The fraction of sp³-hybridized carbons (Fsp3) is 0.588. The van der Waals surface area contributed by atoms with Gasteiger partial charge in [-0.25, -0.2) is 0 Å². The van der Waals surface area contributed by atoms with Gasteiger partial charge in [0, 0.05) is 13.0 Å². The van der Waals surface area contributed by atoms with Crippen LogP contribution in [0.4, 0.5) is 0 Å². The Kier molecular flexibility index (Phi) is 6.21. The maximum absolute atomic E-state index is 12.0. The molecule has 0 fully saturated rings. The maximum atomic E-state index is 12.0. The first-order valence-electron chi connectivity index (χ1n) is 7.39. The third-order valence-electron chi connectivity index (χ3n) is 4.04. The summed E-state index contributed by atoms with van der Waals surface area (Å²) in [6.07, 6.45) is 0.390. The quantitative estimate of drug-likeness (QED) is 0.812. The Morgan fingerprint density at radius 2 is 2.05 bits per heavy atom. The predicted octanol–water partition coefficient (Wildman–Crippen LogP) is 2.71. The molecular weight excluding hydrogens is 266 g/mol. The van der Waals surface area contributed by atoms with Crippen molar-refractivity contribution in [2.45, 2.75) is 45.6 Å². The number of carbonyl (C=O) groups is 1. The highest BCUT2D eigenvalue weighted by Gasteiger charge is 2.25. The molecule has 4 nitrogen and oxygen atoms in total. The van der Waals surface area contributed by atoms with Crippen molar-refractivity contribution in [1.29, 1.82) is 0 Å². The van der Waals surface area contributed by atoms with E-state index in [9.17, 15) is 9.90 Å². The van der Waals surface area contributed by atoms with Gasteiger partial charge in [0.15, 0.2) is 0 Å². The van der Waals surface area contributed by atoms with E-state index in [1.807, 2.05) is 45.0 Å². The van der Waals surface area contributed by atoms with E-state index >= 15 is 0 Å². The lowest BCUT2D eigenvalue weighted by Crippen LogP contribution is -2.44. The molecule has 4 heteroatoms. The topological polar surface area (TPSA) is 58.6 Å². The van der Waals surface area contributed by atoms with Crippen molar-refractivity contribution in [3.63, 3.8) is 0 Å². The minimum atomic E-state index is -0.880. The molecule has 0 bridgehead atoms. The molecule has 0 spiro atoms. The van der Waals surface area contributed by atoms with E-state index in [4.69, 9.17) is 4.74 Å². The van der Waals surface area contributed by atoms with Crippen LogP contribution in [0.5, 0.6) is 5.75 Å². The van der Waals surface area contributed by atoms with Crippen molar-refractivity contribution in [3.05, 3.63) is 29.8 Å². The Morgan fingerprint density at radius 1 is 1.38 bits per heavy atom. The highest BCUT2D eigenvalue weighted by atomic mass is 16.5. The molecule has 1 aromatic carbocycles. The summed E-state index contributed by atoms with van der Waals surface area (Å²) in [5.74, 6) is 0.937. The Labute approximate surface area is 127 Å². The van der Waals surface area contributed by atoms with Gasteiger partial charge in [-0.05, 0) is 36.5 Å². The van der Waals surface area contributed by atoms with E-state index in [2.05, 4.69) is 5.32 Å². The SMILES string of the molecule is COc1cccc([C@@H](C)CC(=O)NC[C@@](C)(O)C(C)C)c1. The number of hydrogen-bond acceptors (Lipinski definition) is 3. The average molecular weight is 293 g/mol. The van der Waals surface area contributed by atoms with Gasteiger partial charge in [-0.2, -0.15) is 0 Å². The molecule has 0 aromatic heterocycles. The third kappa shape index (κ3) is 5.38. The molecule has 1 amide bonds. The van der Waals surface area contributed by atoms with Crippen LogP contribution in [0.1, 0.15) is 45.6 Å². The van der Waals surface area contributed by atoms with E-state index < -0.39 is 5.60 Å². The fourth-order valence-electron chi connectivity index (χ4n) is 1.90. The zero-order valence-corrected chi connectivity index (χ0v) is 13.6. The lowest BCUT2D eigenvalue weighted by atomic mass is 9.92. The van der Waals surface area contributed by atoms with Crippen molar-refractivity contribution < 1.29 is 14.6 Å². The molecule has 0 aliphatic carbocycles. The summed E-state index contributed by atoms with van der Waals surface area (Å²) in [5, 5.41) is 12.9. The van der Waals surface area contributed by atoms with E-state index in [1.165, 1.54) is 0 Å². The summed E-state index contributed by atoms with van der Waals surface area (Å²) in [6.45, 7) is 7.89. The van der Waals surface area contributed by atoms with Gasteiger partial charge < -0.3 is 15.2 Å². The Balaban J connectivity index is 2.54. The van der Waals surface area contributed by atoms with E-state index in [0.29, 0.717) is 6.42 Å². The number of nitrogens with one attached hydrogen (secondary N) is 1. The zero-order chi connectivity index (χ0) is 16.0. The van der Waals surface area contributed by atoms with Crippen LogP contribution < -0.4 is 10.1 Å². The first kappa shape index (κ1) is 17.5. The molecule has 0 heterocycles. The number of benzene rings is 1. The van der Waals surface area contributed by atoms with E-state index in [-0.39, 0.29) is 24.3 Å². The van der Waals surface area contributed by atoms with E-state index in [1.54, 1.807) is 14.0 Å². The van der Waals surface area contributed by atoms with Gasteiger partial charge >= 0.3 is 0 Å². The largest absolute Gasteiger partial charge is 0.497 e. The van der Waals surface area contributed by atoms with Gasteiger partial charge in [-0.1, -0.05) is 32.9 Å². The van der Waals surface area contributed by atoms with Gasteiger partial charge in [-0.15, -0.1) is 0 Å². The molecule has 0 aliphatic heterocycles. The second-order valence-corrected chi connectivity index (χ2v) is 6.17. The first-order valence-corrected chi connectivity index (χ1v) is 7.39. The number of hydrogen-bond donors (Lipinski definition) is 2. The third-order valence-corrected chi connectivity index (χ3v) is 4.04. The van der Waals surface area contributed by atoms with Crippen LogP contribution in [-0.2, 0) is 4.79 Å². The van der Waals surface area contributed by atoms with Crippen LogP contribution in [0.15, 0.2) is 24.3 Å². The molecule has 0 unspecified atom stereocenters. The summed E-state index contributed by atoms with van der Waals surface area (Å²) in [7, 11) is 1.63. The van der Waals surface area contributed by atoms with Gasteiger partial charge in [0.2, 0.25) is 5.91 Å². The van der Waals surface area contributed by atoms with Crippen molar-refractivity contribution in [2.24, 2.45) is 5.92 Å².